The summed E-state index contributed by atoms with van der Waals surface area (Å²) < 4.78 is 5.48. The van der Waals surface area contributed by atoms with E-state index in [0.29, 0.717) is 6.10 Å². The first-order valence-electron chi connectivity index (χ1n) is 6.06. The largest absolute Gasteiger partial charge is 0.390 e. The van der Waals surface area contributed by atoms with E-state index >= 15 is 0 Å². The maximum absolute atomic E-state index is 10.2. The minimum Gasteiger partial charge on any atom is -0.390 e. The highest BCUT2D eigenvalue weighted by Crippen LogP contribution is 2.42. The standard InChI is InChI=1S/C12H22O2/c1-2-14-11-8-12(13,9-11)7-10-5-3-4-6-10/h10-11,13H,2-9H2,1H3. The first kappa shape index (κ1) is 10.4. The fraction of sp³-hybridized carbons (Fsp3) is 1.00. The van der Waals surface area contributed by atoms with Crippen molar-refractivity contribution in [2.24, 2.45) is 5.92 Å². The highest BCUT2D eigenvalue weighted by atomic mass is 16.5. The average molecular weight is 198 g/mol. The van der Waals surface area contributed by atoms with Gasteiger partial charge < -0.3 is 9.84 Å². The van der Waals surface area contributed by atoms with Crippen LogP contribution in [0.5, 0.6) is 0 Å². The Labute approximate surface area is 86.6 Å². The lowest BCUT2D eigenvalue weighted by molar-refractivity contribution is -0.146. The first-order chi connectivity index (χ1) is 6.72. The van der Waals surface area contributed by atoms with Crippen LogP contribution in [0.1, 0.15) is 51.9 Å². The summed E-state index contributed by atoms with van der Waals surface area (Å²) in [7, 11) is 0. The molecule has 0 atom stereocenters. The molecule has 0 bridgehead atoms. The molecule has 1 N–H and O–H groups in total. The van der Waals surface area contributed by atoms with Crippen LogP contribution in [-0.4, -0.2) is 23.4 Å². The van der Waals surface area contributed by atoms with Crippen LogP contribution in [0, 0.1) is 5.92 Å². The van der Waals surface area contributed by atoms with Crippen LogP contribution in [-0.2, 0) is 4.74 Å². The monoisotopic (exact) mass is 198 g/mol. The van der Waals surface area contributed by atoms with Gasteiger partial charge in [-0.15, -0.1) is 0 Å². The second-order valence-electron chi connectivity index (χ2n) is 5.06. The van der Waals surface area contributed by atoms with Crippen molar-refractivity contribution in [2.45, 2.75) is 63.6 Å². The van der Waals surface area contributed by atoms with Crippen molar-refractivity contribution in [3.63, 3.8) is 0 Å². The van der Waals surface area contributed by atoms with E-state index in [1.807, 2.05) is 6.92 Å². The second-order valence-corrected chi connectivity index (χ2v) is 5.06. The Balaban J connectivity index is 1.71. The van der Waals surface area contributed by atoms with Gasteiger partial charge in [-0.25, -0.2) is 0 Å². The molecule has 2 aliphatic rings. The number of aliphatic hydroxyl groups is 1. The lowest BCUT2D eigenvalue weighted by Crippen LogP contribution is -2.49. The van der Waals surface area contributed by atoms with E-state index in [1.54, 1.807) is 0 Å². The highest BCUT2D eigenvalue weighted by Gasteiger charge is 2.44. The van der Waals surface area contributed by atoms with E-state index in [9.17, 15) is 5.11 Å². The Kier molecular flexibility index (Phi) is 3.13. The maximum Gasteiger partial charge on any atom is 0.0699 e. The lowest BCUT2D eigenvalue weighted by Gasteiger charge is -2.44. The fourth-order valence-electron chi connectivity index (χ4n) is 3.06. The quantitative estimate of drug-likeness (QED) is 0.752. The van der Waals surface area contributed by atoms with Crippen molar-refractivity contribution in [2.75, 3.05) is 6.61 Å². The Hall–Kier alpha value is -0.0800. The van der Waals surface area contributed by atoms with Crippen molar-refractivity contribution in [1.82, 2.24) is 0 Å². The predicted octanol–water partition coefficient (Wildman–Crippen LogP) is 2.50. The summed E-state index contributed by atoms with van der Waals surface area (Å²) in [5, 5.41) is 10.2. The third kappa shape index (κ3) is 2.29. The highest BCUT2D eigenvalue weighted by molar-refractivity contribution is 4.96. The number of ether oxygens (including phenoxy) is 1. The molecule has 0 heterocycles. The molecule has 2 saturated carbocycles. The van der Waals surface area contributed by atoms with Crippen LogP contribution in [0.3, 0.4) is 0 Å². The first-order valence-corrected chi connectivity index (χ1v) is 6.06. The van der Waals surface area contributed by atoms with Crippen LogP contribution in [0.4, 0.5) is 0 Å². The molecule has 0 aromatic heterocycles. The summed E-state index contributed by atoms with van der Waals surface area (Å²) in [6.07, 6.45) is 8.52. The van der Waals surface area contributed by atoms with E-state index in [1.165, 1.54) is 25.7 Å². The summed E-state index contributed by atoms with van der Waals surface area (Å²) in [6.45, 7) is 2.80. The van der Waals surface area contributed by atoms with Crippen LogP contribution >= 0.6 is 0 Å². The van der Waals surface area contributed by atoms with Gasteiger partial charge in [0.05, 0.1) is 11.7 Å². The van der Waals surface area contributed by atoms with Crippen LogP contribution < -0.4 is 0 Å². The van der Waals surface area contributed by atoms with Crippen molar-refractivity contribution < 1.29 is 9.84 Å². The normalized spacial score (nSPS) is 38.6. The molecule has 0 amide bonds. The molecule has 0 saturated heterocycles. The Morgan fingerprint density at radius 1 is 1.29 bits per heavy atom. The summed E-state index contributed by atoms with van der Waals surface area (Å²) in [6, 6.07) is 0. The molecular weight excluding hydrogens is 176 g/mol. The molecule has 0 unspecified atom stereocenters. The molecule has 0 radical (unpaired) electrons. The molecule has 0 aromatic rings. The molecule has 2 nitrogen and oxygen atoms in total. The van der Waals surface area contributed by atoms with Crippen LogP contribution in [0.25, 0.3) is 0 Å². The third-order valence-corrected chi connectivity index (χ3v) is 3.76. The molecule has 2 rings (SSSR count). The van der Waals surface area contributed by atoms with Gasteiger partial charge >= 0.3 is 0 Å². The Morgan fingerprint density at radius 3 is 2.50 bits per heavy atom. The fourth-order valence-corrected chi connectivity index (χ4v) is 3.06. The van der Waals surface area contributed by atoms with Gasteiger partial charge in [-0.05, 0) is 19.3 Å². The molecule has 2 fully saturated rings. The zero-order valence-electron chi connectivity index (χ0n) is 9.17. The van der Waals surface area contributed by atoms with Gasteiger partial charge in [-0.3, -0.25) is 0 Å². The maximum atomic E-state index is 10.2. The van der Waals surface area contributed by atoms with Crippen molar-refractivity contribution in [3.05, 3.63) is 0 Å². The van der Waals surface area contributed by atoms with Crippen LogP contribution in [0.2, 0.25) is 0 Å². The Morgan fingerprint density at radius 2 is 1.93 bits per heavy atom. The second kappa shape index (κ2) is 4.19. The van der Waals surface area contributed by atoms with Gasteiger partial charge in [0.1, 0.15) is 0 Å². The zero-order chi connectivity index (χ0) is 10.0. The molecule has 2 heteroatoms. The van der Waals surface area contributed by atoms with E-state index in [2.05, 4.69) is 0 Å². The minimum absolute atomic E-state index is 0.339. The average Bonchev–Trinajstić information content (AvgIpc) is 2.54. The third-order valence-electron chi connectivity index (χ3n) is 3.76. The molecule has 14 heavy (non-hydrogen) atoms. The summed E-state index contributed by atoms with van der Waals surface area (Å²) in [5.41, 5.74) is -0.366. The van der Waals surface area contributed by atoms with Gasteiger partial charge in [-0.2, -0.15) is 0 Å². The number of hydrogen-bond donors (Lipinski definition) is 1. The molecule has 0 aliphatic heterocycles. The van der Waals surface area contributed by atoms with E-state index in [0.717, 1.165) is 31.8 Å². The number of hydrogen-bond acceptors (Lipinski definition) is 2. The summed E-state index contributed by atoms with van der Waals surface area (Å²) in [5.74, 6) is 0.794. The van der Waals surface area contributed by atoms with Crippen molar-refractivity contribution >= 4 is 0 Å². The minimum atomic E-state index is -0.366. The molecular formula is C12H22O2. The van der Waals surface area contributed by atoms with Crippen molar-refractivity contribution in [3.8, 4) is 0 Å². The van der Waals surface area contributed by atoms with Gasteiger partial charge in [0.15, 0.2) is 0 Å². The van der Waals surface area contributed by atoms with Crippen molar-refractivity contribution in [1.29, 1.82) is 0 Å². The number of rotatable bonds is 4. The summed E-state index contributed by atoms with van der Waals surface area (Å²) in [4.78, 5) is 0. The van der Waals surface area contributed by atoms with E-state index < -0.39 is 0 Å². The molecule has 0 spiro atoms. The predicted molar refractivity (Wildman–Crippen MR) is 56.2 cm³/mol. The van der Waals surface area contributed by atoms with Crippen LogP contribution in [0.15, 0.2) is 0 Å². The van der Waals surface area contributed by atoms with Gasteiger partial charge in [0, 0.05) is 19.4 Å². The molecule has 0 aromatic carbocycles. The SMILES string of the molecule is CCOC1CC(O)(CC2CCCC2)C1. The van der Waals surface area contributed by atoms with Gasteiger partial charge in [0.2, 0.25) is 0 Å². The zero-order valence-corrected chi connectivity index (χ0v) is 9.17. The molecule has 2 aliphatic carbocycles. The van der Waals surface area contributed by atoms with E-state index in [4.69, 9.17) is 4.74 Å². The summed E-state index contributed by atoms with van der Waals surface area (Å²) >= 11 is 0. The van der Waals surface area contributed by atoms with Gasteiger partial charge in [0.25, 0.3) is 0 Å². The molecule has 82 valence electrons. The lowest BCUT2D eigenvalue weighted by atomic mass is 9.72. The van der Waals surface area contributed by atoms with Gasteiger partial charge in [-0.1, -0.05) is 25.7 Å². The smallest absolute Gasteiger partial charge is 0.0699 e. The van der Waals surface area contributed by atoms with E-state index in [-0.39, 0.29) is 5.60 Å². The topological polar surface area (TPSA) is 29.5 Å². The Bertz CT molecular complexity index is 179.